The molecule has 0 heterocycles. The second-order valence-corrected chi connectivity index (χ2v) is 4.13. The van der Waals surface area contributed by atoms with Crippen LogP contribution in [0.15, 0.2) is 18.2 Å². The Morgan fingerprint density at radius 3 is 2.48 bits per heavy atom. The molecule has 0 amide bonds. The largest absolute Gasteiger partial charge is 0.481 e. The van der Waals surface area contributed by atoms with Crippen LogP contribution >= 0.6 is 0 Å². The Bertz CT molecular complexity index is 570. The lowest BCUT2D eigenvalue weighted by Gasteiger charge is -2.18. The average Bonchev–Trinajstić information content (AvgIpc) is 2.44. The van der Waals surface area contributed by atoms with E-state index in [0.717, 1.165) is 25.3 Å². The van der Waals surface area contributed by atoms with Crippen molar-refractivity contribution in [2.24, 2.45) is 0 Å². The van der Waals surface area contributed by atoms with Gasteiger partial charge in [0.05, 0.1) is 30.1 Å². The molecule has 0 aromatic heterocycles. The highest BCUT2D eigenvalue weighted by molar-refractivity contribution is 5.92. The Balaban J connectivity index is 3.24. The van der Waals surface area contributed by atoms with Crippen molar-refractivity contribution < 1.29 is 34.6 Å². The zero-order chi connectivity index (χ0) is 16.2. The Morgan fingerprint density at radius 2 is 2.00 bits per heavy atom. The Labute approximate surface area is 118 Å². The third-order valence-corrected chi connectivity index (χ3v) is 2.72. The van der Waals surface area contributed by atoms with Gasteiger partial charge in [-0.25, -0.2) is 4.79 Å². The summed E-state index contributed by atoms with van der Waals surface area (Å²) in [5.41, 5.74) is -0.871. The minimum atomic E-state index is -1.70. The number of non-ortho nitro benzene ring substituents is 1. The van der Waals surface area contributed by atoms with Crippen molar-refractivity contribution in [3.05, 3.63) is 39.4 Å². The maximum Gasteiger partial charge on any atom is 0.338 e. The molecule has 114 valence electrons. The van der Waals surface area contributed by atoms with Crippen molar-refractivity contribution in [3.63, 3.8) is 0 Å². The fraction of sp³-hybridized carbons (Fsp3) is 0.333. The van der Waals surface area contributed by atoms with E-state index < -0.39 is 41.2 Å². The molecule has 0 spiro atoms. The number of hydrogen-bond donors (Lipinski definition) is 3. The van der Waals surface area contributed by atoms with Gasteiger partial charge in [-0.2, -0.15) is 0 Å². The third kappa shape index (κ3) is 3.97. The van der Waals surface area contributed by atoms with Crippen molar-refractivity contribution in [1.29, 1.82) is 0 Å². The van der Waals surface area contributed by atoms with Crippen LogP contribution < -0.4 is 0 Å². The number of esters is 1. The summed E-state index contributed by atoms with van der Waals surface area (Å²) in [5, 5.41) is 38.7. The molecule has 21 heavy (non-hydrogen) atoms. The molecule has 9 heteroatoms. The predicted octanol–water partition coefficient (Wildman–Crippen LogP) is 0.250. The van der Waals surface area contributed by atoms with Crippen LogP contribution in [-0.2, 0) is 9.53 Å². The first-order valence-corrected chi connectivity index (χ1v) is 5.72. The lowest BCUT2D eigenvalue weighted by molar-refractivity contribution is -0.384. The van der Waals surface area contributed by atoms with Gasteiger partial charge in [-0.05, 0) is 11.6 Å². The zero-order valence-corrected chi connectivity index (χ0v) is 10.9. The minimum Gasteiger partial charge on any atom is -0.481 e. The van der Waals surface area contributed by atoms with Crippen LogP contribution in [0.25, 0.3) is 0 Å². The molecule has 2 unspecified atom stereocenters. The van der Waals surface area contributed by atoms with Gasteiger partial charge in [-0.3, -0.25) is 14.9 Å². The van der Waals surface area contributed by atoms with Crippen molar-refractivity contribution in [2.45, 2.75) is 18.6 Å². The SMILES string of the molecule is COC(=O)c1cc([N+](=O)[O-])ccc1C(O)C(O)CC(=O)O. The van der Waals surface area contributed by atoms with Gasteiger partial charge in [0.25, 0.3) is 5.69 Å². The standard InChI is InChI=1S/C12H13NO8/c1-21-12(18)8-4-6(13(19)20)2-3-7(8)11(17)9(14)5-10(15)16/h2-4,9,11,14,17H,5H2,1H3,(H,15,16). The summed E-state index contributed by atoms with van der Waals surface area (Å²) in [6, 6.07) is 2.98. The molecule has 0 saturated heterocycles. The van der Waals surface area contributed by atoms with Gasteiger partial charge in [0, 0.05) is 12.1 Å². The molecule has 1 aromatic rings. The van der Waals surface area contributed by atoms with E-state index >= 15 is 0 Å². The lowest BCUT2D eigenvalue weighted by atomic mass is 9.96. The number of carbonyl (C=O) groups is 2. The van der Waals surface area contributed by atoms with E-state index in [2.05, 4.69) is 4.74 Å². The van der Waals surface area contributed by atoms with Gasteiger partial charge in [0.2, 0.25) is 0 Å². The normalized spacial score (nSPS) is 13.3. The number of carboxylic acid groups (broad SMARTS) is 1. The van der Waals surface area contributed by atoms with Crippen molar-refractivity contribution in [2.75, 3.05) is 7.11 Å². The molecule has 0 radical (unpaired) electrons. The molecular weight excluding hydrogens is 286 g/mol. The van der Waals surface area contributed by atoms with Gasteiger partial charge < -0.3 is 20.1 Å². The molecule has 9 nitrogen and oxygen atoms in total. The van der Waals surface area contributed by atoms with Gasteiger partial charge >= 0.3 is 11.9 Å². The van der Waals surface area contributed by atoms with Crippen LogP contribution in [0.4, 0.5) is 5.69 Å². The fourth-order valence-electron chi connectivity index (χ4n) is 1.70. The van der Waals surface area contributed by atoms with E-state index in [1.807, 2.05) is 0 Å². The minimum absolute atomic E-state index is 0.152. The van der Waals surface area contributed by atoms with Crippen LogP contribution in [-0.4, -0.2) is 45.4 Å². The third-order valence-electron chi connectivity index (χ3n) is 2.72. The zero-order valence-electron chi connectivity index (χ0n) is 10.9. The highest BCUT2D eigenvalue weighted by Crippen LogP contribution is 2.27. The van der Waals surface area contributed by atoms with Crippen LogP contribution in [0, 0.1) is 10.1 Å². The molecule has 0 aliphatic carbocycles. The van der Waals surface area contributed by atoms with Crippen LogP contribution in [0.3, 0.4) is 0 Å². The predicted molar refractivity (Wildman–Crippen MR) is 67.7 cm³/mol. The number of aliphatic hydroxyl groups excluding tert-OH is 2. The van der Waals surface area contributed by atoms with E-state index in [-0.39, 0.29) is 11.1 Å². The summed E-state index contributed by atoms with van der Waals surface area (Å²) in [6.45, 7) is 0. The molecule has 0 aliphatic rings. The Morgan fingerprint density at radius 1 is 1.38 bits per heavy atom. The van der Waals surface area contributed by atoms with Crippen molar-refractivity contribution in [1.82, 2.24) is 0 Å². The first-order chi connectivity index (χ1) is 9.77. The number of carbonyl (C=O) groups excluding carboxylic acids is 1. The van der Waals surface area contributed by atoms with Gasteiger partial charge in [-0.1, -0.05) is 0 Å². The molecule has 0 fully saturated rings. The van der Waals surface area contributed by atoms with Crippen LogP contribution in [0.2, 0.25) is 0 Å². The highest BCUT2D eigenvalue weighted by Gasteiger charge is 2.27. The summed E-state index contributed by atoms with van der Waals surface area (Å²) < 4.78 is 4.45. The topological polar surface area (TPSA) is 147 Å². The van der Waals surface area contributed by atoms with E-state index in [1.165, 1.54) is 0 Å². The van der Waals surface area contributed by atoms with Crippen LogP contribution in [0.5, 0.6) is 0 Å². The average molecular weight is 299 g/mol. The summed E-state index contributed by atoms with van der Waals surface area (Å²) in [6.07, 6.45) is -4.12. The molecule has 1 rings (SSSR count). The highest BCUT2D eigenvalue weighted by atomic mass is 16.6. The summed E-state index contributed by atoms with van der Waals surface area (Å²) in [5.74, 6) is -2.29. The quantitative estimate of drug-likeness (QED) is 0.384. The van der Waals surface area contributed by atoms with Crippen molar-refractivity contribution >= 4 is 17.6 Å². The number of carboxylic acids is 1. The number of rotatable bonds is 6. The molecule has 1 aromatic carbocycles. The summed E-state index contributed by atoms with van der Waals surface area (Å²) in [4.78, 5) is 32.1. The Kier molecular flexibility index (Phi) is 5.33. The van der Waals surface area contributed by atoms with Crippen molar-refractivity contribution in [3.8, 4) is 0 Å². The number of nitrogens with zero attached hydrogens (tertiary/aromatic N) is 1. The summed E-state index contributed by atoms with van der Waals surface area (Å²) >= 11 is 0. The van der Waals surface area contributed by atoms with Gasteiger partial charge in [-0.15, -0.1) is 0 Å². The molecular formula is C12H13NO8. The second kappa shape index (κ2) is 6.77. The van der Waals surface area contributed by atoms with E-state index in [1.54, 1.807) is 0 Å². The molecule has 3 N–H and O–H groups in total. The maximum atomic E-state index is 11.6. The fourth-order valence-corrected chi connectivity index (χ4v) is 1.70. The van der Waals surface area contributed by atoms with Gasteiger partial charge in [0.1, 0.15) is 6.10 Å². The smallest absolute Gasteiger partial charge is 0.338 e. The van der Waals surface area contributed by atoms with Gasteiger partial charge in [0.15, 0.2) is 0 Å². The van der Waals surface area contributed by atoms with E-state index in [9.17, 15) is 29.9 Å². The number of hydrogen-bond acceptors (Lipinski definition) is 7. The molecule has 2 atom stereocenters. The number of nitro groups is 1. The van der Waals surface area contributed by atoms with E-state index in [0.29, 0.717) is 0 Å². The van der Waals surface area contributed by atoms with E-state index in [4.69, 9.17) is 5.11 Å². The number of nitro benzene ring substituents is 1. The number of aliphatic hydroxyl groups is 2. The first-order valence-electron chi connectivity index (χ1n) is 5.72. The number of benzene rings is 1. The molecule has 0 saturated carbocycles. The number of methoxy groups -OCH3 is 1. The van der Waals surface area contributed by atoms with Crippen LogP contribution in [0.1, 0.15) is 28.4 Å². The monoisotopic (exact) mass is 299 g/mol. The molecule has 0 bridgehead atoms. The summed E-state index contributed by atoms with van der Waals surface area (Å²) in [7, 11) is 1.05. The Hall–Kier alpha value is -2.52. The second-order valence-electron chi connectivity index (χ2n) is 4.13. The maximum absolute atomic E-state index is 11.6. The number of ether oxygens (including phenoxy) is 1. The lowest BCUT2D eigenvalue weighted by Crippen LogP contribution is -2.23. The number of aliphatic carboxylic acids is 1. The first kappa shape index (κ1) is 16.5. The molecule has 0 aliphatic heterocycles.